The molecule has 1 amide bonds. The molecule has 0 aromatic heterocycles. The summed E-state index contributed by atoms with van der Waals surface area (Å²) in [5, 5.41) is 5.87. The van der Waals surface area contributed by atoms with Crippen molar-refractivity contribution in [3.8, 4) is 12.3 Å². The third-order valence-corrected chi connectivity index (χ3v) is 1.26. The number of terminal acetylenes is 1. The zero-order chi connectivity index (χ0) is 9.40. The first-order valence-electron chi connectivity index (χ1n) is 4.10. The molecule has 0 bridgehead atoms. The molecule has 0 aromatic carbocycles. The van der Waals surface area contributed by atoms with E-state index >= 15 is 0 Å². The molecule has 0 radical (unpaired) electrons. The Hall–Kier alpha value is -1.01. The Morgan fingerprint density at radius 1 is 1.50 bits per heavy atom. The van der Waals surface area contributed by atoms with E-state index in [1.54, 1.807) is 0 Å². The van der Waals surface area contributed by atoms with E-state index in [0.717, 1.165) is 6.54 Å². The summed E-state index contributed by atoms with van der Waals surface area (Å²) >= 11 is 0. The molecule has 68 valence electrons. The zero-order valence-electron chi connectivity index (χ0n) is 7.68. The van der Waals surface area contributed by atoms with Crippen molar-refractivity contribution in [3.63, 3.8) is 0 Å². The van der Waals surface area contributed by atoms with E-state index in [1.165, 1.54) is 0 Å². The number of carbonyl (C=O) groups is 1. The maximum absolute atomic E-state index is 10.8. The van der Waals surface area contributed by atoms with Crippen LogP contribution in [0.3, 0.4) is 0 Å². The second kappa shape index (κ2) is 6.68. The smallest absolute Gasteiger partial charge is 0.232 e. The van der Waals surface area contributed by atoms with Gasteiger partial charge in [-0.3, -0.25) is 4.79 Å². The van der Waals surface area contributed by atoms with E-state index in [4.69, 9.17) is 6.42 Å². The van der Waals surface area contributed by atoms with Gasteiger partial charge in [-0.2, -0.15) is 0 Å². The van der Waals surface area contributed by atoms with E-state index in [9.17, 15) is 4.79 Å². The molecule has 0 fully saturated rings. The van der Waals surface area contributed by atoms with Gasteiger partial charge in [0.25, 0.3) is 0 Å². The molecule has 0 heterocycles. The average Bonchev–Trinajstić information content (AvgIpc) is 1.98. The summed E-state index contributed by atoms with van der Waals surface area (Å²) in [6, 6.07) is 0.453. The summed E-state index contributed by atoms with van der Waals surface area (Å²) in [5.41, 5.74) is 0. The number of nitrogens with one attached hydrogen (secondary N) is 2. The van der Waals surface area contributed by atoms with Gasteiger partial charge in [-0.1, -0.05) is 19.8 Å². The zero-order valence-corrected chi connectivity index (χ0v) is 7.68. The number of hydrogen-bond acceptors (Lipinski definition) is 2. The quantitative estimate of drug-likeness (QED) is 0.452. The van der Waals surface area contributed by atoms with Crippen molar-refractivity contribution < 1.29 is 4.79 Å². The van der Waals surface area contributed by atoms with E-state index in [2.05, 4.69) is 30.4 Å². The maximum Gasteiger partial charge on any atom is 0.232 e. The Morgan fingerprint density at radius 3 is 2.67 bits per heavy atom. The first-order valence-corrected chi connectivity index (χ1v) is 4.10. The lowest BCUT2D eigenvalue weighted by atomic mass is 10.4. The molecular formula is C9H16N2O. The molecule has 0 rings (SSSR count). The van der Waals surface area contributed by atoms with Crippen LogP contribution in [-0.2, 0) is 4.79 Å². The molecule has 12 heavy (non-hydrogen) atoms. The van der Waals surface area contributed by atoms with Gasteiger partial charge in [-0.15, -0.1) is 6.42 Å². The summed E-state index contributed by atoms with van der Waals surface area (Å²) in [6.45, 7) is 5.54. The molecule has 3 heteroatoms. The Balaban J connectivity index is 3.21. The Bertz CT molecular complexity index is 170. The van der Waals surface area contributed by atoms with E-state index < -0.39 is 0 Å². The fourth-order valence-electron chi connectivity index (χ4n) is 0.718. The fourth-order valence-corrected chi connectivity index (χ4v) is 0.718. The maximum atomic E-state index is 10.8. The lowest BCUT2D eigenvalue weighted by Gasteiger charge is -2.07. The van der Waals surface area contributed by atoms with Gasteiger partial charge in [0, 0.05) is 19.1 Å². The summed E-state index contributed by atoms with van der Waals surface area (Å²) < 4.78 is 0. The van der Waals surface area contributed by atoms with Crippen LogP contribution in [-0.4, -0.2) is 25.0 Å². The second-order valence-corrected chi connectivity index (χ2v) is 2.84. The standard InChI is InChI=1S/C9H16N2O/c1-4-5-9(12)11-7-6-10-8(2)3/h1,8,10H,5-7H2,2-3H3,(H,11,12). The van der Waals surface area contributed by atoms with E-state index in [-0.39, 0.29) is 12.3 Å². The topological polar surface area (TPSA) is 41.1 Å². The van der Waals surface area contributed by atoms with Crippen LogP contribution in [0.15, 0.2) is 0 Å². The fraction of sp³-hybridized carbons (Fsp3) is 0.667. The van der Waals surface area contributed by atoms with E-state index in [0.29, 0.717) is 12.6 Å². The SMILES string of the molecule is C#CCC(=O)NCCNC(C)C. The molecule has 0 aliphatic heterocycles. The molecule has 0 aliphatic rings. The van der Waals surface area contributed by atoms with Gasteiger partial charge in [-0.25, -0.2) is 0 Å². The minimum atomic E-state index is -0.0805. The predicted octanol–water partition coefficient (Wildman–Crippen LogP) is 0.124. The van der Waals surface area contributed by atoms with Crippen molar-refractivity contribution >= 4 is 5.91 Å². The lowest BCUT2D eigenvalue weighted by Crippen LogP contribution is -2.34. The summed E-state index contributed by atoms with van der Waals surface area (Å²) in [7, 11) is 0. The molecule has 0 aliphatic carbocycles. The number of amides is 1. The number of carbonyl (C=O) groups excluding carboxylic acids is 1. The van der Waals surface area contributed by atoms with Crippen LogP contribution in [0.4, 0.5) is 0 Å². The first-order chi connectivity index (χ1) is 5.66. The lowest BCUT2D eigenvalue weighted by molar-refractivity contribution is -0.120. The molecule has 2 N–H and O–H groups in total. The Kier molecular flexibility index (Phi) is 6.12. The van der Waals surface area contributed by atoms with Gasteiger partial charge in [0.2, 0.25) is 5.91 Å². The third-order valence-electron chi connectivity index (χ3n) is 1.26. The molecule has 0 unspecified atom stereocenters. The van der Waals surface area contributed by atoms with Crippen LogP contribution in [0.5, 0.6) is 0 Å². The normalized spacial score (nSPS) is 9.50. The van der Waals surface area contributed by atoms with Gasteiger partial charge in [0.05, 0.1) is 6.42 Å². The van der Waals surface area contributed by atoms with Crippen LogP contribution >= 0.6 is 0 Å². The van der Waals surface area contributed by atoms with Crippen molar-refractivity contribution in [1.82, 2.24) is 10.6 Å². The van der Waals surface area contributed by atoms with Crippen LogP contribution in [0.25, 0.3) is 0 Å². The average molecular weight is 168 g/mol. The minimum Gasteiger partial charge on any atom is -0.354 e. The van der Waals surface area contributed by atoms with Gasteiger partial charge < -0.3 is 10.6 Å². The van der Waals surface area contributed by atoms with Crippen molar-refractivity contribution in [2.45, 2.75) is 26.3 Å². The van der Waals surface area contributed by atoms with E-state index in [1.807, 2.05) is 0 Å². The van der Waals surface area contributed by atoms with Crippen molar-refractivity contribution in [2.24, 2.45) is 0 Å². The second-order valence-electron chi connectivity index (χ2n) is 2.84. The molecular weight excluding hydrogens is 152 g/mol. The Labute approximate surface area is 73.9 Å². The molecule has 0 saturated heterocycles. The highest BCUT2D eigenvalue weighted by atomic mass is 16.1. The van der Waals surface area contributed by atoms with Crippen molar-refractivity contribution in [2.75, 3.05) is 13.1 Å². The number of hydrogen-bond donors (Lipinski definition) is 2. The Morgan fingerprint density at radius 2 is 2.17 bits per heavy atom. The predicted molar refractivity (Wildman–Crippen MR) is 49.6 cm³/mol. The summed E-state index contributed by atoms with van der Waals surface area (Å²) in [4.78, 5) is 10.8. The van der Waals surface area contributed by atoms with Crippen molar-refractivity contribution in [1.29, 1.82) is 0 Å². The van der Waals surface area contributed by atoms with Gasteiger partial charge in [0.15, 0.2) is 0 Å². The first kappa shape index (κ1) is 11.0. The summed E-state index contributed by atoms with van der Waals surface area (Å²) in [5.74, 6) is 2.20. The molecule has 3 nitrogen and oxygen atoms in total. The van der Waals surface area contributed by atoms with Gasteiger partial charge in [-0.05, 0) is 0 Å². The van der Waals surface area contributed by atoms with Crippen molar-refractivity contribution in [3.05, 3.63) is 0 Å². The molecule has 0 saturated carbocycles. The van der Waals surface area contributed by atoms with Crippen LogP contribution in [0.1, 0.15) is 20.3 Å². The van der Waals surface area contributed by atoms with Crippen LogP contribution < -0.4 is 10.6 Å². The molecule has 0 spiro atoms. The molecule has 0 atom stereocenters. The van der Waals surface area contributed by atoms with Gasteiger partial charge in [0.1, 0.15) is 0 Å². The highest BCUT2D eigenvalue weighted by molar-refractivity contribution is 5.78. The number of rotatable bonds is 5. The van der Waals surface area contributed by atoms with Crippen LogP contribution in [0, 0.1) is 12.3 Å². The molecule has 0 aromatic rings. The van der Waals surface area contributed by atoms with Gasteiger partial charge >= 0.3 is 0 Å². The minimum absolute atomic E-state index is 0.0805. The monoisotopic (exact) mass is 168 g/mol. The largest absolute Gasteiger partial charge is 0.354 e. The summed E-state index contributed by atoms with van der Waals surface area (Å²) in [6.07, 6.45) is 5.12. The highest BCUT2D eigenvalue weighted by Crippen LogP contribution is 1.75. The third kappa shape index (κ3) is 7.10. The highest BCUT2D eigenvalue weighted by Gasteiger charge is 1.96. The van der Waals surface area contributed by atoms with Crippen LogP contribution in [0.2, 0.25) is 0 Å².